The van der Waals surface area contributed by atoms with E-state index in [2.05, 4.69) is 35.8 Å². The van der Waals surface area contributed by atoms with Crippen molar-refractivity contribution < 1.29 is 9.53 Å². The largest absolute Gasteiger partial charge is 0.372 e. The maximum Gasteiger partial charge on any atom is 0.246 e. The summed E-state index contributed by atoms with van der Waals surface area (Å²) in [6.07, 6.45) is 3.36. The fourth-order valence-electron chi connectivity index (χ4n) is 2.33. The van der Waals surface area contributed by atoms with Crippen molar-refractivity contribution in [2.45, 2.75) is 45.8 Å². The van der Waals surface area contributed by atoms with Gasteiger partial charge < -0.3 is 15.4 Å². The van der Waals surface area contributed by atoms with Crippen molar-refractivity contribution in [2.24, 2.45) is 0 Å². The lowest BCUT2D eigenvalue weighted by Gasteiger charge is -2.07. The van der Waals surface area contributed by atoms with Crippen LogP contribution in [0.1, 0.15) is 42.9 Å². The fourth-order valence-corrected chi connectivity index (χ4v) is 2.33. The third-order valence-corrected chi connectivity index (χ3v) is 3.52. The molecule has 0 saturated heterocycles. The van der Waals surface area contributed by atoms with Crippen LogP contribution < -0.4 is 10.6 Å². The molecule has 20 heavy (non-hydrogen) atoms. The van der Waals surface area contributed by atoms with Gasteiger partial charge in [-0.25, -0.2) is 0 Å². The molecule has 1 aromatic carbocycles. The van der Waals surface area contributed by atoms with Gasteiger partial charge in [0.15, 0.2) is 0 Å². The molecular formula is C16H24N2O2. The number of hydrogen-bond acceptors (Lipinski definition) is 3. The Kier molecular flexibility index (Phi) is 6.02. The highest BCUT2D eigenvalue weighted by Crippen LogP contribution is 2.16. The Hall–Kier alpha value is -1.39. The minimum Gasteiger partial charge on any atom is -0.372 e. The van der Waals surface area contributed by atoms with Crippen LogP contribution in [0.4, 0.5) is 0 Å². The predicted molar refractivity (Wildman–Crippen MR) is 79.2 cm³/mol. The molecule has 1 aliphatic rings. The first-order valence-corrected chi connectivity index (χ1v) is 7.45. The molecule has 2 N–H and O–H groups in total. The van der Waals surface area contributed by atoms with E-state index in [1.807, 2.05) is 0 Å². The molecule has 0 fully saturated rings. The summed E-state index contributed by atoms with van der Waals surface area (Å²) in [4.78, 5) is 11.6. The number of hydrogen-bond donors (Lipinski definition) is 2. The second kappa shape index (κ2) is 8.02. The Labute approximate surface area is 120 Å². The zero-order valence-corrected chi connectivity index (χ0v) is 12.2. The molecule has 0 atom stereocenters. The zero-order chi connectivity index (χ0) is 14.2. The Balaban J connectivity index is 1.66. The highest BCUT2D eigenvalue weighted by molar-refractivity contribution is 5.77. The normalized spacial score (nSPS) is 13.2. The van der Waals surface area contributed by atoms with Crippen molar-refractivity contribution in [1.82, 2.24) is 10.6 Å². The molecule has 1 aromatic rings. The molecule has 1 aliphatic heterocycles. The summed E-state index contributed by atoms with van der Waals surface area (Å²) in [5.74, 6) is -0.0416. The summed E-state index contributed by atoms with van der Waals surface area (Å²) < 4.78 is 5.34. The quantitative estimate of drug-likeness (QED) is 0.715. The average molecular weight is 276 g/mol. The van der Waals surface area contributed by atoms with Crippen molar-refractivity contribution in [3.63, 3.8) is 0 Å². The molecule has 0 aliphatic carbocycles. The summed E-state index contributed by atoms with van der Waals surface area (Å²) in [7, 11) is 0. The molecule has 4 nitrogen and oxygen atoms in total. The zero-order valence-electron chi connectivity index (χ0n) is 12.2. The van der Waals surface area contributed by atoms with Crippen molar-refractivity contribution in [1.29, 1.82) is 0 Å². The molecule has 0 unspecified atom stereocenters. The lowest BCUT2D eigenvalue weighted by atomic mass is 10.1. The van der Waals surface area contributed by atoms with Crippen LogP contribution in [0, 0.1) is 0 Å². The van der Waals surface area contributed by atoms with Gasteiger partial charge in [-0.3, -0.25) is 4.79 Å². The molecule has 0 bridgehead atoms. The summed E-state index contributed by atoms with van der Waals surface area (Å²) in [6.45, 7) is 5.44. The summed E-state index contributed by atoms with van der Waals surface area (Å²) in [5, 5.41) is 6.21. The number of benzene rings is 1. The summed E-state index contributed by atoms with van der Waals surface area (Å²) >= 11 is 0. The second-order valence-electron chi connectivity index (χ2n) is 5.24. The van der Waals surface area contributed by atoms with Gasteiger partial charge in [0, 0.05) is 26.2 Å². The van der Waals surface area contributed by atoms with Gasteiger partial charge in [0.2, 0.25) is 5.91 Å². The van der Waals surface area contributed by atoms with E-state index in [1.165, 1.54) is 17.5 Å². The Morgan fingerprint density at radius 3 is 3.00 bits per heavy atom. The van der Waals surface area contributed by atoms with Gasteiger partial charge >= 0.3 is 0 Å². The van der Waals surface area contributed by atoms with Gasteiger partial charge in [-0.2, -0.15) is 0 Å². The van der Waals surface area contributed by atoms with Crippen LogP contribution in [0.25, 0.3) is 0 Å². The number of carbonyl (C=O) groups is 1. The van der Waals surface area contributed by atoms with Crippen LogP contribution in [-0.4, -0.2) is 19.1 Å². The Morgan fingerprint density at radius 1 is 1.30 bits per heavy atom. The third-order valence-electron chi connectivity index (χ3n) is 3.52. The van der Waals surface area contributed by atoms with Gasteiger partial charge in [0.05, 0.1) is 0 Å². The van der Waals surface area contributed by atoms with Crippen LogP contribution in [0.3, 0.4) is 0 Å². The van der Waals surface area contributed by atoms with E-state index in [-0.39, 0.29) is 12.5 Å². The lowest BCUT2D eigenvalue weighted by molar-refractivity contribution is -0.125. The van der Waals surface area contributed by atoms with E-state index in [9.17, 15) is 4.79 Å². The number of nitrogens with one attached hydrogen (secondary N) is 2. The maximum absolute atomic E-state index is 11.6. The molecule has 2 rings (SSSR count). The van der Waals surface area contributed by atoms with Gasteiger partial charge in [-0.1, -0.05) is 38.0 Å². The molecule has 1 amide bonds. The van der Waals surface area contributed by atoms with E-state index in [0.29, 0.717) is 13.2 Å². The number of fused-ring (bicyclic) bond motifs is 1. The van der Waals surface area contributed by atoms with Crippen LogP contribution in [-0.2, 0) is 29.2 Å². The molecule has 0 radical (unpaired) electrons. The Morgan fingerprint density at radius 2 is 2.15 bits per heavy atom. The smallest absolute Gasteiger partial charge is 0.246 e. The second-order valence-corrected chi connectivity index (χ2v) is 5.24. The first kappa shape index (κ1) is 15.0. The third kappa shape index (κ3) is 4.62. The van der Waals surface area contributed by atoms with Gasteiger partial charge in [0.25, 0.3) is 0 Å². The van der Waals surface area contributed by atoms with Crippen LogP contribution in [0.2, 0.25) is 0 Å². The van der Waals surface area contributed by atoms with E-state index >= 15 is 0 Å². The van der Waals surface area contributed by atoms with Crippen LogP contribution >= 0.6 is 0 Å². The summed E-state index contributed by atoms with van der Waals surface area (Å²) in [5.41, 5.74) is 3.85. The van der Waals surface area contributed by atoms with Gasteiger partial charge in [-0.05, 0) is 23.1 Å². The highest BCUT2D eigenvalue weighted by Gasteiger charge is 2.10. The van der Waals surface area contributed by atoms with E-state index in [1.54, 1.807) is 0 Å². The maximum atomic E-state index is 11.6. The topological polar surface area (TPSA) is 50.4 Å². The molecule has 110 valence electrons. The van der Waals surface area contributed by atoms with Crippen molar-refractivity contribution >= 4 is 5.91 Å². The fraction of sp³-hybridized carbons (Fsp3) is 0.562. The molecule has 1 heterocycles. The minimum atomic E-state index is -0.0416. The molecule has 0 saturated carbocycles. The molecular weight excluding hydrogens is 252 g/mol. The predicted octanol–water partition coefficient (Wildman–Crippen LogP) is 2.11. The minimum absolute atomic E-state index is 0.0416. The number of rotatable bonds is 8. The summed E-state index contributed by atoms with van der Waals surface area (Å²) in [6, 6.07) is 6.38. The van der Waals surface area contributed by atoms with Crippen molar-refractivity contribution in [2.75, 3.05) is 13.2 Å². The monoisotopic (exact) mass is 276 g/mol. The first-order valence-electron chi connectivity index (χ1n) is 7.45. The standard InChI is InChI=1S/C16H24N2O2/c1-2-3-4-7-20-12-16(19)18-9-13-5-6-14-10-17-11-15(14)8-13/h5-6,8,17H,2-4,7,9-12H2,1H3,(H,18,19). The number of carbonyl (C=O) groups excluding carboxylic acids is 1. The molecule has 4 heteroatoms. The van der Waals surface area contributed by atoms with Gasteiger partial charge in [-0.15, -0.1) is 0 Å². The lowest BCUT2D eigenvalue weighted by Crippen LogP contribution is -2.27. The molecule has 0 aromatic heterocycles. The average Bonchev–Trinajstić information content (AvgIpc) is 2.92. The van der Waals surface area contributed by atoms with Gasteiger partial charge in [0.1, 0.15) is 6.61 Å². The number of ether oxygens (including phenoxy) is 1. The van der Waals surface area contributed by atoms with Crippen LogP contribution in [0.5, 0.6) is 0 Å². The van der Waals surface area contributed by atoms with Crippen molar-refractivity contribution in [3.8, 4) is 0 Å². The SMILES string of the molecule is CCCCCOCC(=O)NCc1ccc2c(c1)CNC2. The number of unbranched alkanes of at least 4 members (excludes halogenated alkanes) is 2. The van der Waals surface area contributed by atoms with Crippen LogP contribution in [0.15, 0.2) is 18.2 Å². The Bertz CT molecular complexity index is 446. The van der Waals surface area contributed by atoms with Crippen molar-refractivity contribution in [3.05, 3.63) is 34.9 Å². The van der Waals surface area contributed by atoms with E-state index in [0.717, 1.165) is 31.5 Å². The van der Waals surface area contributed by atoms with E-state index < -0.39 is 0 Å². The molecule has 0 spiro atoms. The number of amides is 1. The highest BCUT2D eigenvalue weighted by atomic mass is 16.5. The van der Waals surface area contributed by atoms with E-state index in [4.69, 9.17) is 4.74 Å². The first-order chi connectivity index (χ1) is 9.79.